The zero-order valence-corrected chi connectivity index (χ0v) is 16.3. The zero-order chi connectivity index (χ0) is 22.1. The minimum atomic E-state index is -0.833. The topological polar surface area (TPSA) is 80.0 Å². The molecule has 9 heteroatoms. The summed E-state index contributed by atoms with van der Waals surface area (Å²) in [6.45, 7) is 1.46. The summed E-state index contributed by atoms with van der Waals surface area (Å²) in [6, 6.07) is 10.6. The molecule has 0 saturated carbocycles. The van der Waals surface area contributed by atoms with Gasteiger partial charge in [0, 0.05) is 29.1 Å². The molecule has 2 heterocycles. The van der Waals surface area contributed by atoms with E-state index in [1.807, 2.05) is 0 Å². The summed E-state index contributed by atoms with van der Waals surface area (Å²) in [5.74, 6) is -2.01. The van der Waals surface area contributed by atoms with Crippen LogP contribution in [-0.2, 0) is 0 Å². The second-order valence-corrected chi connectivity index (χ2v) is 6.97. The SMILES string of the molecule is C[C@@H](CO)Nc1nc(-c2ccc(F)cc2F)c2ccc(=O)n(-c3ccc(F)cc3)c2n1. The maximum absolute atomic E-state index is 14.6. The van der Waals surface area contributed by atoms with Gasteiger partial charge in [-0.25, -0.2) is 18.2 Å². The number of aromatic nitrogens is 3. The number of halogens is 3. The third kappa shape index (κ3) is 3.99. The normalized spacial score (nSPS) is 12.2. The second-order valence-electron chi connectivity index (χ2n) is 6.97. The van der Waals surface area contributed by atoms with Gasteiger partial charge in [0.15, 0.2) is 5.65 Å². The third-order valence-corrected chi connectivity index (χ3v) is 4.67. The Morgan fingerprint density at radius 2 is 1.71 bits per heavy atom. The molecule has 0 amide bonds. The molecule has 0 unspecified atom stereocenters. The van der Waals surface area contributed by atoms with Crippen molar-refractivity contribution in [3.05, 3.63) is 82.4 Å². The van der Waals surface area contributed by atoms with Gasteiger partial charge in [-0.2, -0.15) is 4.98 Å². The van der Waals surface area contributed by atoms with E-state index in [1.54, 1.807) is 6.92 Å². The molecule has 0 fully saturated rings. The van der Waals surface area contributed by atoms with Crippen LogP contribution >= 0.6 is 0 Å². The monoisotopic (exact) mass is 426 g/mol. The molecule has 2 aromatic heterocycles. The smallest absolute Gasteiger partial charge is 0.256 e. The highest BCUT2D eigenvalue weighted by atomic mass is 19.1. The summed E-state index contributed by atoms with van der Waals surface area (Å²) in [6.07, 6.45) is 0. The van der Waals surface area contributed by atoms with E-state index in [-0.39, 0.29) is 29.5 Å². The summed E-state index contributed by atoms with van der Waals surface area (Å²) in [7, 11) is 0. The fourth-order valence-electron chi connectivity index (χ4n) is 3.17. The molecule has 6 nitrogen and oxygen atoms in total. The molecular weight excluding hydrogens is 409 g/mol. The Kier molecular flexibility index (Phi) is 5.43. The van der Waals surface area contributed by atoms with E-state index in [2.05, 4.69) is 15.3 Å². The maximum Gasteiger partial charge on any atom is 0.256 e. The number of nitrogens with one attached hydrogen (secondary N) is 1. The van der Waals surface area contributed by atoms with E-state index in [9.17, 15) is 23.1 Å². The Morgan fingerprint density at radius 1 is 1.00 bits per heavy atom. The number of aliphatic hydroxyl groups excluding tert-OH is 1. The van der Waals surface area contributed by atoms with Crippen molar-refractivity contribution in [1.29, 1.82) is 0 Å². The van der Waals surface area contributed by atoms with Gasteiger partial charge in [0.25, 0.3) is 5.56 Å². The first-order chi connectivity index (χ1) is 14.9. The van der Waals surface area contributed by atoms with Gasteiger partial charge in [0.1, 0.15) is 17.5 Å². The summed E-state index contributed by atoms with van der Waals surface area (Å²) in [5.41, 5.74) is 0.191. The number of hydrogen-bond donors (Lipinski definition) is 2. The van der Waals surface area contributed by atoms with Crippen molar-refractivity contribution in [3.8, 4) is 16.9 Å². The molecule has 0 bridgehead atoms. The van der Waals surface area contributed by atoms with Gasteiger partial charge in [0.05, 0.1) is 18.0 Å². The highest BCUT2D eigenvalue weighted by Crippen LogP contribution is 2.30. The predicted molar refractivity (Wildman–Crippen MR) is 111 cm³/mol. The molecule has 31 heavy (non-hydrogen) atoms. The Hall–Kier alpha value is -3.72. The van der Waals surface area contributed by atoms with Crippen LogP contribution in [0.15, 0.2) is 59.4 Å². The highest BCUT2D eigenvalue weighted by Gasteiger charge is 2.18. The molecule has 2 aromatic carbocycles. The fourth-order valence-corrected chi connectivity index (χ4v) is 3.17. The molecule has 0 spiro atoms. The molecule has 4 rings (SSSR count). The van der Waals surface area contributed by atoms with Gasteiger partial charge in [-0.3, -0.25) is 9.36 Å². The molecule has 1 atom stereocenters. The maximum atomic E-state index is 14.6. The number of nitrogens with zero attached hydrogens (tertiary/aromatic N) is 3. The average molecular weight is 426 g/mol. The predicted octanol–water partition coefficient (Wildman–Crippen LogP) is 3.66. The molecule has 158 valence electrons. The van der Waals surface area contributed by atoms with Gasteiger partial charge in [-0.1, -0.05) is 0 Å². The standard InChI is InChI=1S/C22H17F3N4O2/c1-12(11-30)26-22-27-20(16-7-4-14(24)10-18(16)25)17-8-9-19(31)29(21(17)28-22)15-5-2-13(23)3-6-15/h2-10,12,30H,11H2,1H3,(H,26,27,28)/t12-/m0/s1. The van der Waals surface area contributed by atoms with E-state index in [0.29, 0.717) is 11.1 Å². The van der Waals surface area contributed by atoms with Crippen LogP contribution in [0.3, 0.4) is 0 Å². The molecule has 0 aliphatic heterocycles. The van der Waals surface area contributed by atoms with Crippen LogP contribution in [0.5, 0.6) is 0 Å². The van der Waals surface area contributed by atoms with Crippen molar-refractivity contribution in [3.63, 3.8) is 0 Å². The lowest BCUT2D eigenvalue weighted by Crippen LogP contribution is -2.23. The van der Waals surface area contributed by atoms with E-state index >= 15 is 0 Å². The fraction of sp³-hybridized carbons (Fsp3) is 0.136. The van der Waals surface area contributed by atoms with Gasteiger partial charge in [0.2, 0.25) is 5.95 Å². The second kappa shape index (κ2) is 8.19. The Labute approximate surface area is 174 Å². The van der Waals surface area contributed by atoms with Crippen molar-refractivity contribution < 1.29 is 18.3 Å². The molecule has 0 aliphatic rings. The number of rotatable bonds is 5. The summed E-state index contributed by atoms with van der Waals surface area (Å²) >= 11 is 0. The number of anilines is 1. The van der Waals surface area contributed by atoms with Crippen molar-refractivity contribution >= 4 is 17.0 Å². The summed E-state index contributed by atoms with van der Waals surface area (Å²) in [5, 5.41) is 12.6. The number of hydrogen-bond acceptors (Lipinski definition) is 5. The zero-order valence-electron chi connectivity index (χ0n) is 16.3. The summed E-state index contributed by atoms with van der Waals surface area (Å²) < 4.78 is 42.7. The van der Waals surface area contributed by atoms with Crippen LogP contribution in [-0.4, -0.2) is 32.3 Å². The average Bonchev–Trinajstić information content (AvgIpc) is 2.74. The van der Waals surface area contributed by atoms with E-state index < -0.39 is 29.1 Å². The number of benzene rings is 2. The highest BCUT2D eigenvalue weighted by molar-refractivity contribution is 5.92. The van der Waals surface area contributed by atoms with Gasteiger partial charge >= 0.3 is 0 Å². The molecule has 0 saturated heterocycles. The lowest BCUT2D eigenvalue weighted by Gasteiger charge is -2.16. The summed E-state index contributed by atoms with van der Waals surface area (Å²) in [4.78, 5) is 21.4. The minimum absolute atomic E-state index is 0.0119. The first kappa shape index (κ1) is 20.5. The third-order valence-electron chi connectivity index (χ3n) is 4.67. The van der Waals surface area contributed by atoms with Crippen molar-refractivity contribution in [2.45, 2.75) is 13.0 Å². The van der Waals surface area contributed by atoms with Crippen molar-refractivity contribution in [2.75, 3.05) is 11.9 Å². The van der Waals surface area contributed by atoms with Crippen LogP contribution in [0.2, 0.25) is 0 Å². The Balaban J connectivity index is 2.06. The van der Waals surface area contributed by atoms with Crippen LogP contribution in [0.25, 0.3) is 28.0 Å². The van der Waals surface area contributed by atoms with E-state index in [0.717, 1.165) is 12.1 Å². The van der Waals surface area contributed by atoms with Crippen LogP contribution in [0.4, 0.5) is 19.1 Å². The minimum Gasteiger partial charge on any atom is -0.394 e. The number of pyridine rings is 1. The largest absolute Gasteiger partial charge is 0.394 e. The lowest BCUT2D eigenvalue weighted by atomic mass is 10.1. The van der Waals surface area contributed by atoms with E-state index in [4.69, 9.17) is 0 Å². The number of aliphatic hydroxyl groups is 1. The van der Waals surface area contributed by atoms with Gasteiger partial charge < -0.3 is 10.4 Å². The van der Waals surface area contributed by atoms with Gasteiger partial charge in [-0.05, 0) is 49.4 Å². The Morgan fingerprint density at radius 3 is 2.39 bits per heavy atom. The quantitative estimate of drug-likeness (QED) is 0.509. The molecule has 0 radical (unpaired) electrons. The van der Waals surface area contributed by atoms with E-state index in [1.165, 1.54) is 47.0 Å². The first-order valence-corrected chi connectivity index (χ1v) is 9.40. The van der Waals surface area contributed by atoms with Crippen molar-refractivity contribution in [2.24, 2.45) is 0 Å². The first-order valence-electron chi connectivity index (χ1n) is 9.40. The molecule has 4 aromatic rings. The van der Waals surface area contributed by atoms with Crippen molar-refractivity contribution in [1.82, 2.24) is 14.5 Å². The van der Waals surface area contributed by atoms with Gasteiger partial charge in [-0.15, -0.1) is 0 Å². The lowest BCUT2D eigenvalue weighted by molar-refractivity contribution is 0.281. The molecule has 2 N–H and O–H groups in total. The Bertz CT molecular complexity index is 1320. The number of fused-ring (bicyclic) bond motifs is 1. The van der Waals surface area contributed by atoms with Crippen LogP contribution < -0.4 is 10.9 Å². The molecule has 0 aliphatic carbocycles. The van der Waals surface area contributed by atoms with Crippen LogP contribution in [0, 0.1) is 17.5 Å². The molecular formula is C22H17F3N4O2. The van der Waals surface area contributed by atoms with Crippen LogP contribution in [0.1, 0.15) is 6.92 Å².